The van der Waals surface area contributed by atoms with E-state index in [2.05, 4.69) is 23.5 Å². The number of nitrogens with one attached hydrogen (secondary N) is 1. The zero-order valence-electron chi connectivity index (χ0n) is 11.2. The molecule has 0 spiro atoms. The molecule has 0 saturated heterocycles. The fraction of sp³-hybridized carbons (Fsp3) is 0.333. The molecule has 0 aromatic heterocycles. The van der Waals surface area contributed by atoms with Gasteiger partial charge >= 0.3 is 12.0 Å². The van der Waals surface area contributed by atoms with Gasteiger partial charge in [-0.2, -0.15) is 0 Å². The Kier molecular flexibility index (Phi) is 4.76. The molecule has 0 saturated carbocycles. The monoisotopic (exact) mass is 274 g/mol. The number of urea groups is 1. The number of nitrogens with zero attached hydrogens (tertiary/aromatic N) is 1. The van der Waals surface area contributed by atoms with Gasteiger partial charge in [-0.1, -0.05) is 36.4 Å². The highest BCUT2D eigenvalue weighted by molar-refractivity contribution is 5.77. The number of carboxylic acid groups (broad SMARTS) is 1. The molecule has 0 aliphatic carbocycles. The molecule has 5 heteroatoms. The van der Waals surface area contributed by atoms with Crippen molar-refractivity contribution in [1.29, 1.82) is 0 Å². The fourth-order valence-corrected chi connectivity index (χ4v) is 2.16. The Balaban J connectivity index is 1.85. The lowest BCUT2D eigenvalue weighted by Gasteiger charge is -2.26. The zero-order chi connectivity index (χ0) is 14.4. The first-order valence-corrected chi connectivity index (χ1v) is 6.66. The summed E-state index contributed by atoms with van der Waals surface area (Å²) < 4.78 is 0. The second kappa shape index (κ2) is 6.75. The molecular weight excluding hydrogens is 256 g/mol. The van der Waals surface area contributed by atoms with E-state index >= 15 is 0 Å². The van der Waals surface area contributed by atoms with Crippen molar-refractivity contribution < 1.29 is 14.7 Å². The minimum atomic E-state index is -0.907. The minimum Gasteiger partial charge on any atom is -0.481 e. The van der Waals surface area contributed by atoms with Crippen molar-refractivity contribution in [2.45, 2.75) is 12.8 Å². The quantitative estimate of drug-likeness (QED) is 0.881. The number of hydrogen-bond donors (Lipinski definition) is 2. The normalized spacial score (nSPS) is 14.6. The molecular formula is C15H18N2O3. The van der Waals surface area contributed by atoms with E-state index in [1.165, 1.54) is 11.1 Å². The molecule has 1 aliphatic rings. The molecule has 1 aromatic rings. The van der Waals surface area contributed by atoms with E-state index in [0.717, 1.165) is 6.42 Å². The standard InChI is InChI=1S/C15H18N2O3/c18-14(19)6-9-16-15(20)17-10-7-13(8-11-17)12-4-2-1-3-5-12/h1-5,7H,6,8-11H2,(H,16,20)(H,18,19). The Morgan fingerprint density at radius 2 is 2.00 bits per heavy atom. The van der Waals surface area contributed by atoms with Crippen molar-refractivity contribution in [3.05, 3.63) is 42.0 Å². The van der Waals surface area contributed by atoms with Crippen molar-refractivity contribution in [2.75, 3.05) is 19.6 Å². The van der Waals surface area contributed by atoms with E-state index in [1.807, 2.05) is 18.2 Å². The van der Waals surface area contributed by atoms with E-state index in [0.29, 0.717) is 13.1 Å². The fourth-order valence-electron chi connectivity index (χ4n) is 2.16. The van der Waals surface area contributed by atoms with Crippen LogP contribution in [0.2, 0.25) is 0 Å². The minimum absolute atomic E-state index is 0.0509. The summed E-state index contributed by atoms with van der Waals surface area (Å²) >= 11 is 0. The highest BCUT2D eigenvalue weighted by Gasteiger charge is 2.17. The van der Waals surface area contributed by atoms with Crippen LogP contribution in [0.25, 0.3) is 5.57 Å². The van der Waals surface area contributed by atoms with Gasteiger partial charge in [0.05, 0.1) is 6.42 Å². The van der Waals surface area contributed by atoms with Gasteiger partial charge < -0.3 is 15.3 Å². The molecule has 0 atom stereocenters. The smallest absolute Gasteiger partial charge is 0.317 e. The number of amides is 2. The Hall–Kier alpha value is -2.30. The molecule has 20 heavy (non-hydrogen) atoms. The number of hydrogen-bond acceptors (Lipinski definition) is 2. The van der Waals surface area contributed by atoms with Gasteiger partial charge in [-0.05, 0) is 17.6 Å². The molecule has 106 valence electrons. The van der Waals surface area contributed by atoms with Crippen LogP contribution < -0.4 is 5.32 Å². The Labute approximate surface area is 117 Å². The molecule has 2 rings (SSSR count). The number of carbonyl (C=O) groups is 2. The van der Waals surface area contributed by atoms with Crippen LogP contribution in [0, 0.1) is 0 Å². The maximum absolute atomic E-state index is 11.8. The summed E-state index contributed by atoms with van der Waals surface area (Å²) in [6, 6.07) is 9.91. The third-order valence-electron chi connectivity index (χ3n) is 3.26. The van der Waals surface area contributed by atoms with Crippen LogP contribution >= 0.6 is 0 Å². The Bertz CT molecular complexity index is 511. The predicted molar refractivity (Wildman–Crippen MR) is 76.3 cm³/mol. The highest BCUT2D eigenvalue weighted by Crippen LogP contribution is 2.21. The largest absolute Gasteiger partial charge is 0.481 e. The number of benzene rings is 1. The van der Waals surface area contributed by atoms with Gasteiger partial charge in [-0.3, -0.25) is 4.79 Å². The Morgan fingerprint density at radius 1 is 1.25 bits per heavy atom. The summed E-state index contributed by atoms with van der Waals surface area (Å²) in [6.07, 6.45) is 2.82. The summed E-state index contributed by atoms with van der Waals surface area (Å²) in [4.78, 5) is 23.9. The second-order valence-corrected chi connectivity index (χ2v) is 4.67. The topological polar surface area (TPSA) is 69.6 Å². The molecule has 1 heterocycles. The SMILES string of the molecule is O=C(O)CCNC(=O)N1CC=C(c2ccccc2)CC1. The second-order valence-electron chi connectivity index (χ2n) is 4.67. The van der Waals surface area contributed by atoms with Crippen molar-refractivity contribution in [3.8, 4) is 0 Å². The van der Waals surface area contributed by atoms with E-state index in [9.17, 15) is 9.59 Å². The number of rotatable bonds is 4. The first-order chi connectivity index (χ1) is 9.66. The molecule has 0 bridgehead atoms. The molecule has 0 radical (unpaired) electrons. The van der Waals surface area contributed by atoms with Crippen LogP contribution in [0.3, 0.4) is 0 Å². The predicted octanol–water partition coefficient (Wildman–Crippen LogP) is 1.96. The van der Waals surface area contributed by atoms with Crippen LogP contribution in [-0.2, 0) is 4.79 Å². The van der Waals surface area contributed by atoms with Gasteiger partial charge in [0.25, 0.3) is 0 Å². The first kappa shape index (κ1) is 14.1. The highest BCUT2D eigenvalue weighted by atomic mass is 16.4. The number of aliphatic carboxylic acids is 1. The molecule has 0 unspecified atom stereocenters. The van der Waals surface area contributed by atoms with Gasteiger partial charge in [-0.15, -0.1) is 0 Å². The lowest BCUT2D eigenvalue weighted by molar-refractivity contribution is -0.136. The van der Waals surface area contributed by atoms with Crippen molar-refractivity contribution in [1.82, 2.24) is 10.2 Å². The maximum atomic E-state index is 11.8. The van der Waals surface area contributed by atoms with E-state index in [4.69, 9.17) is 5.11 Å². The molecule has 0 fully saturated rings. The van der Waals surface area contributed by atoms with Gasteiger partial charge in [-0.25, -0.2) is 4.79 Å². The van der Waals surface area contributed by atoms with Gasteiger partial charge in [0.1, 0.15) is 0 Å². The molecule has 2 N–H and O–H groups in total. The number of carbonyl (C=O) groups excluding carboxylic acids is 1. The van der Waals surface area contributed by atoms with Crippen LogP contribution in [0.4, 0.5) is 4.79 Å². The van der Waals surface area contributed by atoms with Crippen LogP contribution in [0.15, 0.2) is 36.4 Å². The van der Waals surface area contributed by atoms with Gasteiger partial charge in [0, 0.05) is 19.6 Å². The average Bonchev–Trinajstić information content (AvgIpc) is 2.48. The van der Waals surface area contributed by atoms with E-state index < -0.39 is 5.97 Å². The van der Waals surface area contributed by atoms with Crippen molar-refractivity contribution >= 4 is 17.6 Å². The van der Waals surface area contributed by atoms with Crippen LogP contribution in [0.5, 0.6) is 0 Å². The van der Waals surface area contributed by atoms with Gasteiger partial charge in [0.15, 0.2) is 0 Å². The summed E-state index contributed by atoms with van der Waals surface area (Å²) in [5.74, 6) is -0.907. The van der Waals surface area contributed by atoms with Crippen LogP contribution in [0.1, 0.15) is 18.4 Å². The molecule has 2 amide bonds. The van der Waals surface area contributed by atoms with E-state index in [1.54, 1.807) is 4.90 Å². The Morgan fingerprint density at radius 3 is 2.60 bits per heavy atom. The summed E-state index contributed by atoms with van der Waals surface area (Å²) in [7, 11) is 0. The summed E-state index contributed by atoms with van der Waals surface area (Å²) in [6.45, 7) is 1.38. The van der Waals surface area contributed by atoms with Gasteiger partial charge in [0.2, 0.25) is 0 Å². The molecule has 1 aromatic carbocycles. The summed E-state index contributed by atoms with van der Waals surface area (Å²) in [5, 5.41) is 11.1. The lowest BCUT2D eigenvalue weighted by atomic mass is 10.00. The lowest BCUT2D eigenvalue weighted by Crippen LogP contribution is -2.42. The average molecular weight is 274 g/mol. The third kappa shape index (κ3) is 3.85. The summed E-state index contributed by atoms with van der Waals surface area (Å²) in [5.41, 5.74) is 2.44. The van der Waals surface area contributed by atoms with Crippen molar-refractivity contribution in [2.24, 2.45) is 0 Å². The first-order valence-electron chi connectivity index (χ1n) is 6.66. The van der Waals surface area contributed by atoms with E-state index in [-0.39, 0.29) is 19.0 Å². The van der Waals surface area contributed by atoms with Crippen LogP contribution in [-0.4, -0.2) is 41.6 Å². The molecule has 1 aliphatic heterocycles. The number of carboxylic acids is 1. The third-order valence-corrected chi connectivity index (χ3v) is 3.26. The zero-order valence-corrected chi connectivity index (χ0v) is 11.2. The van der Waals surface area contributed by atoms with Crippen molar-refractivity contribution in [3.63, 3.8) is 0 Å². The molecule has 5 nitrogen and oxygen atoms in total. The maximum Gasteiger partial charge on any atom is 0.317 e.